The second-order valence-electron chi connectivity index (χ2n) is 8.13. The number of likely N-dealkylation sites (tertiary alicyclic amines) is 1. The van der Waals surface area contributed by atoms with E-state index in [0.717, 1.165) is 25.1 Å². The highest BCUT2D eigenvalue weighted by Gasteiger charge is 2.48. The molecular formula is C20H27ClN6O2. The Bertz CT molecular complexity index is 895. The Balaban J connectivity index is 1.64. The zero-order valence-corrected chi connectivity index (χ0v) is 17.9. The molecule has 1 aromatic carbocycles. The predicted octanol–water partition coefficient (Wildman–Crippen LogP) is 2.75. The van der Waals surface area contributed by atoms with Gasteiger partial charge in [-0.15, -0.1) is 5.10 Å². The first-order chi connectivity index (χ1) is 14.0. The molecule has 2 aliphatic rings. The number of halogens is 1. The fraction of sp³-hybridized carbons (Fsp3) is 0.600. The number of carbonyl (C=O) groups is 1. The van der Waals surface area contributed by atoms with E-state index < -0.39 is 5.54 Å². The van der Waals surface area contributed by atoms with Crippen molar-refractivity contribution in [2.45, 2.75) is 43.7 Å². The molecule has 0 bridgehead atoms. The molecule has 2 aromatic rings. The van der Waals surface area contributed by atoms with Crippen LogP contribution >= 0.6 is 11.6 Å². The maximum Gasteiger partial charge on any atom is 0.257 e. The average Bonchev–Trinajstić information content (AvgIpc) is 3.46. The highest BCUT2D eigenvalue weighted by molar-refractivity contribution is 6.30. The van der Waals surface area contributed by atoms with E-state index in [1.807, 2.05) is 23.7 Å². The van der Waals surface area contributed by atoms with Crippen molar-refractivity contribution in [2.24, 2.45) is 0 Å². The van der Waals surface area contributed by atoms with Crippen molar-refractivity contribution >= 4 is 17.5 Å². The van der Waals surface area contributed by atoms with E-state index in [2.05, 4.69) is 20.4 Å². The molecule has 29 heavy (non-hydrogen) atoms. The standard InChI is InChI=1S/C20H27ClN6O2/c1-25(2)20(19-22-23-24-27(19)15-6-4-5-7-15)10-11-26(13-20)18(28)16-9-8-14(21)12-17(16)29-3/h8-9,12,15H,4-7,10-11,13H2,1-3H3. The van der Waals surface area contributed by atoms with Crippen LogP contribution in [0.3, 0.4) is 0 Å². The van der Waals surface area contributed by atoms with Gasteiger partial charge in [0.05, 0.1) is 18.7 Å². The topological polar surface area (TPSA) is 76.4 Å². The quantitative estimate of drug-likeness (QED) is 0.743. The predicted molar refractivity (Wildman–Crippen MR) is 109 cm³/mol. The van der Waals surface area contributed by atoms with Crippen molar-refractivity contribution in [1.29, 1.82) is 0 Å². The normalized spacial score (nSPS) is 22.6. The molecule has 0 N–H and O–H groups in total. The third-order valence-electron chi connectivity index (χ3n) is 6.36. The molecule has 2 heterocycles. The maximum absolute atomic E-state index is 13.3. The second kappa shape index (κ2) is 7.91. The highest BCUT2D eigenvalue weighted by Crippen LogP contribution is 2.39. The van der Waals surface area contributed by atoms with Crippen molar-refractivity contribution in [3.05, 3.63) is 34.6 Å². The molecule has 1 saturated heterocycles. The number of hydrogen-bond acceptors (Lipinski definition) is 6. The number of tetrazole rings is 1. The zero-order chi connectivity index (χ0) is 20.6. The van der Waals surface area contributed by atoms with Crippen molar-refractivity contribution in [3.8, 4) is 5.75 Å². The van der Waals surface area contributed by atoms with Crippen molar-refractivity contribution in [2.75, 3.05) is 34.3 Å². The molecule has 1 amide bonds. The number of methoxy groups -OCH3 is 1. The van der Waals surface area contributed by atoms with Gasteiger partial charge < -0.3 is 9.64 Å². The van der Waals surface area contributed by atoms with Crippen LogP contribution in [-0.2, 0) is 5.54 Å². The van der Waals surface area contributed by atoms with E-state index in [1.165, 1.54) is 12.8 Å². The Labute approximate surface area is 175 Å². The van der Waals surface area contributed by atoms with Gasteiger partial charge in [0.25, 0.3) is 5.91 Å². The number of benzene rings is 1. The molecule has 0 spiro atoms. The van der Waals surface area contributed by atoms with Crippen molar-refractivity contribution in [1.82, 2.24) is 30.0 Å². The summed E-state index contributed by atoms with van der Waals surface area (Å²) in [5.41, 5.74) is 0.100. The minimum atomic E-state index is -0.415. The summed E-state index contributed by atoms with van der Waals surface area (Å²) in [6.45, 7) is 1.15. The number of aromatic nitrogens is 4. The summed E-state index contributed by atoms with van der Waals surface area (Å²) in [6, 6.07) is 5.46. The van der Waals surface area contributed by atoms with Crippen LogP contribution in [0, 0.1) is 0 Å². The number of nitrogens with zero attached hydrogens (tertiary/aromatic N) is 6. The molecule has 1 saturated carbocycles. The van der Waals surface area contributed by atoms with Crippen molar-refractivity contribution in [3.63, 3.8) is 0 Å². The number of ether oxygens (including phenoxy) is 1. The zero-order valence-electron chi connectivity index (χ0n) is 17.1. The number of amides is 1. The first-order valence-corrected chi connectivity index (χ1v) is 10.4. The second-order valence-corrected chi connectivity index (χ2v) is 8.57. The van der Waals surface area contributed by atoms with Gasteiger partial charge in [-0.2, -0.15) is 0 Å². The molecule has 2 fully saturated rings. The van der Waals surface area contributed by atoms with E-state index in [1.54, 1.807) is 25.3 Å². The van der Waals surface area contributed by atoms with Crippen LogP contribution < -0.4 is 4.74 Å². The molecule has 8 nitrogen and oxygen atoms in total. The molecule has 1 atom stereocenters. The van der Waals surface area contributed by atoms with Gasteiger partial charge in [0.15, 0.2) is 5.82 Å². The van der Waals surface area contributed by atoms with E-state index in [9.17, 15) is 4.79 Å². The van der Waals surface area contributed by atoms with Crippen LogP contribution in [0.15, 0.2) is 18.2 Å². The van der Waals surface area contributed by atoms with Gasteiger partial charge in [0.2, 0.25) is 0 Å². The fourth-order valence-corrected chi connectivity index (χ4v) is 4.78. The van der Waals surface area contributed by atoms with E-state index in [-0.39, 0.29) is 5.91 Å². The van der Waals surface area contributed by atoms with E-state index in [4.69, 9.17) is 16.3 Å². The number of carbonyl (C=O) groups excluding carboxylic acids is 1. The summed E-state index contributed by atoms with van der Waals surface area (Å²) in [6.07, 6.45) is 5.40. The minimum Gasteiger partial charge on any atom is -0.496 e. The largest absolute Gasteiger partial charge is 0.496 e. The van der Waals surface area contributed by atoms with Gasteiger partial charge in [0.1, 0.15) is 11.3 Å². The highest BCUT2D eigenvalue weighted by atomic mass is 35.5. The van der Waals surface area contributed by atoms with E-state index in [0.29, 0.717) is 35.5 Å². The monoisotopic (exact) mass is 418 g/mol. The third kappa shape index (κ3) is 3.48. The Morgan fingerprint density at radius 1 is 1.31 bits per heavy atom. The van der Waals surface area contributed by atoms with Gasteiger partial charge in [-0.3, -0.25) is 9.69 Å². The molecule has 1 aliphatic carbocycles. The molecule has 0 radical (unpaired) electrons. The van der Waals surface area contributed by atoms with Crippen LogP contribution in [-0.4, -0.2) is 70.2 Å². The summed E-state index contributed by atoms with van der Waals surface area (Å²) < 4.78 is 7.39. The lowest BCUT2D eigenvalue weighted by Crippen LogP contribution is -2.47. The molecule has 156 valence electrons. The molecule has 1 aromatic heterocycles. The molecule has 4 rings (SSSR count). The van der Waals surface area contributed by atoms with Gasteiger partial charge in [-0.25, -0.2) is 4.68 Å². The number of likely N-dealkylation sites (N-methyl/N-ethyl adjacent to an activating group) is 1. The van der Waals surface area contributed by atoms with Crippen LogP contribution in [0.5, 0.6) is 5.75 Å². The smallest absolute Gasteiger partial charge is 0.257 e. The summed E-state index contributed by atoms with van der Waals surface area (Å²) in [5, 5.41) is 13.3. The fourth-order valence-electron chi connectivity index (χ4n) is 4.62. The van der Waals surface area contributed by atoms with Gasteiger partial charge in [-0.1, -0.05) is 24.4 Å². The maximum atomic E-state index is 13.3. The van der Waals surface area contributed by atoms with Gasteiger partial charge in [0, 0.05) is 18.1 Å². The van der Waals surface area contributed by atoms with E-state index >= 15 is 0 Å². The lowest BCUT2D eigenvalue weighted by Gasteiger charge is -2.35. The summed E-state index contributed by atoms with van der Waals surface area (Å²) in [4.78, 5) is 17.3. The number of rotatable bonds is 5. The molecule has 1 aliphatic heterocycles. The first kappa shape index (κ1) is 20.1. The Morgan fingerprint density at radius 3 is 2.76 bits per heavy atom. The summed E-state index contributed by atoms with van der Waals surface area (Å²) >= 11 is 6.06. The van der Waals surface area contributed by atoms with Crippen LogP contribution in [0.1, 0.15) is 54.3 Å². The summed E-state index contributed by atoms with van der Waals surface area (Å²) in [5.74, 6) is 1.27. The average molecular weight is 419 g/mol. The third-order valence-corrected chi connectivity index (χ3v) is 6.60. The van der Waals surface area contributed by atoms with Crippen LogP contribution in [0.2, 0.25) is 5.02 Å². The lowest BCUT2D eigenvalue weighted by molar-refractivity contribution is 0.0734. The summed E-state index contributed by atoms with van der Waals surface area (Å²) in [7, 11) is 5.61. The van der Waals surface area contributed by atoms with Crippen LogP contribution in [0.25, 0.3) is 0 Å². The molecule has 9 heteroatoms. The van der Waals surface area contributed by atoms with Gasteiger partial charge >= 0.3 is 0 Å². The lowest BCUT2D eigenvalue weighted by atomic mass is 9.95. The van der Waals surface area contributed by atoms with Gasteiger partial charge in [-0.05, 0) is 62.0 Å². The number of hydrogen-bond donors (Lipinski definition) is 0. The Morgan fingerprint density at radius 2 is 2.07 bits per heavy atom. The first-order valence-electron chi connectivity index (χ1n) is 10.0. The molecule has 1 unspecified atom stereocenters. The minimum absolute atomic E-state index is 0.0675. The van der Waals surface area contributed by atoms with Crippen LogP contribution in [0.4, 0.5) is 0 Å². The Kier molecular flexibility index (Phi) is 5.48. The van der Waals surface area contributed by atoms with Crippen molar-refractivity contribution < 1.29 is 9.53 Å². The SMILES string of the molecule is COc1cc(Cl)ccc1C(=O)N1CCC(c2nnnn2C2CCCC2)(N(C)C)C1. The Hall–Kier alpha value is -2.19. The molecular weight excluding hydrogens is 392 g/mol.